The molecule has 0 saturated carbocycles. The van der Waals surface area contributed by atoms with E-state index in [0.29, 0.717) is 6.54 Å². The quantitative estimate of drug-likeness (QED) is 0.915. The molecule has 2 rings (SSSR count). The predicted molar refractivity (Wildman–Crippen MR) is 78.0 cm³/mol. The molecule has 0 atom stereocenters. The van der Waals surface area contributed by atoms with Gasteiger partial charge in [-0.3, -0.25) is 0 Å². The fraction of sp³-hybridized carbons (Fsp3) is 0.143. The Morgan fingerprint density at radius 1 is 0.833 bits per heavy atom. The van der Waals surface area contributed by atoms with Crippen molar-refractivity contribution in [2.75, 3.05) is 0 Å². The summed E-state index contributed by atoms with van der Waals surface area (Å²) in [5, 5.41) is 0. The molecule has 0 amide bonds. The third-order valence-corrected chi connectivity index (χ3v) is 2.56. The summed E-state index contributed by atoms with van der Waals surface area (Å²) in [5.74, 6) is -0.184. The molecule has 98 valence electrons. The summed E-state index contributed by atoms with van der Waals surface area (Å²) in [6.07, 6.45) is 0.753. The maximum absolute atomic E-state index is 13.0. The molecule has 18 heavy (non-hydrogen) atoms. The third-order valence-electron chi connectivity index (χ3n) is 2.56. The SMILES string of the molecule is Cl.Cl.NCc1ccc(Cc2cccc(F)c2)cc1. The van der Waals surface area contributed by atoms with Crippen LogP contribution in [0, 0.1) is 5.82 Å². The summed E-state index contributed by atoms with van der Waals surface area (Å²) in [4.78, 5) is 0. The number of benzene rings is 2. The van der Waals surface area contributed by atoms with Crippen LogP contribution in [0.4, 0.5) is 4.39 Å². The molecule has 0 spiro atoms. The van der Waals surface area contributed by atoms with Crippen molar-refractivity contribution in [3.8, 4) is 0 Å². The van der Waals surface area contributed by atoms with Crippen LogP contribution in [0.5, 0.6) is 0 Å². The predicted octanol–water partition coefficient (Wildman–Crippen LogP) is 3.72. The van der Waals surface area contributed by atoms with Crippen LogP contribution in [0.25, 0.3) is 0 Å². The summed E-state index contributed by atoms with van der Waals surface area (Å²) in [6.45, 7) is 0.556. The summed E-state index contributed by atoms with van der Waals surface area (Å²) in [6, 6.07) is 14.8. The minimum absolute atomic E-state index is 0. The van der Waals surface area contributed by atoms with Gasteiger partial charge in [-0.2, -0.15) is 0 Å². The number of nitrogens with two attached hydrogens (primary N) is 1. The molecule has 4 heteroatoms. The second-order valence-corrected chi connectivity index (χ2v) is 3.83. The van der Waals surface area contributed by atoms with Crippen molar-refractivity contribution in [2.45, 2.75) is 13.0 Å². The van der Waals surface area contributed by atoms with Crippen LogP contribution >= 0.6 is 24.8 Å². The van der Waals surface area contributed by atoms with Gasteiger partial charge in [-0.05, 0) is 35.2 Å². The Bertz CT molecular complexity index is 471. The van der Waals surface area contributed by atoms with E-state index in [0.717, 1.165) is 17.5 Å². The van der Waals surface area contributed by atoms with Gasteiger partial charge in [-0.25, -0.2) is 4.39 Å². The van der Waals surface area contributed by atoms with E-state index < -0.39 is 0 Å². The highest BCUT2D eigenvalue weighted by Crippen LogP contribution is 2.11. The second-order valence-electron chi connectivity index (χ2n) is 3.83. The zero-order valence-corrected chi connectivity index (χ0v) is 11.4. The standard InChI is InChI=1S/C14H14FN.2ClH/c15-14-3-1-2-13(9-14)8-11-4-6-12(10-16)7-5-11;;/h1-7,9H,8,10,16H2;2*1H. The van der Waals surface area contributed by atoms with Crippen molar-refractivity contribution in [1.29, 1.82) is 0 Å². The molecule has 2 aromatic rings. The molecular weight excluding hydrogens is 272 g/mol. The Hall–Kier alpha value is -1.09. The van der Waals surface area contributed by atoms with Gasteiger partial charge in [0, 0.05) is 6.54 Å². The Balaban J connectivity index is 0.00000144. The first-order chi connectivity index (χ1) is 7.78. The molecule has 1 nitrogen and oxygen atoms in total. The van der Waals surface area contributed by atoms with Gasteiger partial charge in [0.15, 0.2) is 0 Å². The van der Waals surface area contributed by atoms with Gasteiger partial charge in [-0.1, -0.05) is 36.4 Å². The second kappa shape index (κ2) is 8.09. The fourth-order valence-electron chi connectivity index (χ4n) is 1.68. The lowest BCUT2D eigenvalue weighted by molar-refractivity contribution is 0.626. The zero-order valence-electron chi connectivity index (χ0n) is 9.80. The monoisotopic (exact) mass is 287 g/mol. The average Bonchev–Trinajstić information content (AvgIpc) is 2.30. The molecule has 0 aliphatic carbocycles. The summed E-state index contributed by atoms with van der Waals surface area (Å²) >= 11 is 0. The van der Waals surface area contributed by atoms with Crippen LogP contribution in [0.1, 0.15) is 16.7 Å². The first kappa shape index (κ1) is 16.9. The van der Waals surface area contributed by atoms with Crippen LogP contribution in [-0.4, -0.2) is 0 Å². The maximum atomic E-state index is 13.0. The van der Waals surface area contributed by atoms with E-state index in [1.807, 2.05) is 30.3 Å². The van der Waals surface area contributed by atoms with Crippen molar-refractivity contribution in [3.63, 3.8) is 0 Å². The van der Waals surface area contributed by atoms with E-state index in [1.165, 1.54) is 11.6 Å². The van der Waals surface area contributed by atoms with Crippen molar-refractivity contribution in [1.82, 2.24) is 0 Å². The van der Waals surface area contributed by atoms with Gasteiger partial charge in [0.2, 0.25) is 0 Å². The molecule has 0 heterocycles. The molecule has 0 radical (unpaired) electrons. The minimum atomic E-state index is -0.184. The normalized spacial score (nSPS) is 9.22. The number of rotatable bonds is 3. The van der Waals surface area contributed by atoms with Gasteiger partial charge in [0.05, 0.1) is 0 Å². The van der Waals surface area contributed by atoms with Gasteiger partial charge in [0.1, 0.15) is 5.82 Å². The van der Waals surface area contributed by atoms with E-state index in [2.05, 4.69) is 0 Å². The van der Waals surface area contributed by atoms with Crippen molar-refractivity contribution in [2.24, 2.45) is 5.73 Å². The van der Waals surface area contributed by atoms with Gasteiger partial charge in [-0.15, -0.1) is 24.8 Å². The van der Waals surface area contributed by atoms with Crippen LogP contribution in [-0.2, 0) is 13.0 Å². The molecule has 0 bridgehead atoms. The van der Waals surface area contributed by atoms with Crippen molar-refractivity contribution < 1.29 is 4.39 Å². The van der Waals surface area contributed by atoms with Crippen molar-refractivity contribution in [3.05, 3.63) is 71.0 Å². The molecule has 0 saturated heterocycles. The Labute approximate surface area is 119 Å². The Morgan fingerprint density at radius 2 is 1.44 bits per heavy atom. The smallest absolute Gasteiger partial charge is 0.123 e. The van der Waals surface area contributed by atoms with Gasteiger partial charge >= 0.3 is 0 Å². The zero-order chi connectivity index (χ0) is 11.4. The van der Waals surface area contributed by atoms with E-state index in [1.54, 1.807) is 12.1 Å². The molecule has 2 N–H and O–H groups in total. The lowest BCUT2D eigenvalue weighted by atomic mass is 10.0. The van der Waals surface area contributed by atoms with Crippen LogP contribution < -0.4 is 5.73 Å². The van der Waals surface area contributed by atoms with E-state index in [4.69, 9.17) is 5.73 Å². The molecule has 0 aliphatic rings. The number of hydrogen-bond donors (Lipinski definition) is 1. The van der Waals surface area contributed by atoms with Crippen molar-refractivity contribution >= 4 is 24.8 Å². The van der Waals surface area contributed by atoms with E-state index in [-0.39, 0.29) is 30.6 Å². The van der Waals surface area contributed by atoms with Gasteiger partial charge in [0.25, 0.3) is 0 Å². The van der Waals surface area contributed by atoms with E-state index >= 15 is 0 Å². The highest BCUT2D eigenvalue weighted by molar-refractivity contribution is 5.85. The van der Waals surface area contributed by atoms with E-state index in [9.17, 15) is 4.39 Å². The Kier molecular flexibility index (Phi) is 7.60. The lowest BCUT2D eigenvalue weighted by Crippen LogP contribution is -1.96. The summed E-state index contributed by atoms with van der Waals surface area (Å²) in [5.41, 5.74) is 8.79. The molecule has 0 unspecified atom stereocenters. The lowest BCUT2D eigenvalue weighted by Gasteiger charge is -2.03. The summed E-state index contributed by atoms with van der Waals surface area (Å²) in [7, 11) is 0. The number of hydrogen-bond acceptors (Lipinski definition) is 1. The largest absolute Gasteiger partial charge is 0.326 e. The molecule has 0 aromatic heterocycles. The van der Waals surface area contributed by atoms with Crippen LogP contribution in [0.2, 0.25) is 0 Å². The van der Waals surface area contributed by atoms with Crippen LogP contribution in [0.15, 0.2) is 48.5 Å². The first-order valence-corrected chi connectivity index (χ1v) is 5.30. The Morgan fingerprint density at radius 3 is 2.00 bits per heavy atom. The molecule has 2 aromatic carbocycles. The minimum Gasteiger partial charge on any atom is -0.326 e. The van der Waals surface area contributed by atoms with Crippen LogP contribution in [0.3, 0.4) is 0 Å². The average molecular weight is 288 g/mol. The fourth-order valence-corrected chi connectivity index (χ4v) is 1.68. The molecule has 0 fully saturated rings. The highest BCUT2D eigenvalue weighted by atomic mass is 35.5. The maximum Gasteiger partial charge on any atom is 0.123 e. The van der Waals surface area contributed by atoms with Gasteiger partial charge < -0.3 is 5.73 Å². The first-order valence-electron chi connectivity index (χ1n) is 5.30. The third kappa shape index (κ3) is 4.65. The molecular formula is C14H16Cl2FN. The molecule has 0 aliphatic heterocycles. The highest BCUT2D eigenvalue weighted by Gasteiger charge is 1.98. The summed E-state index contributed by atoms with van der Waals surface area (Å²) < 4.78 is 13.0. The number of halogens is 3. The topological polar surface area (TPSA) is 26.0 Å².